The first-order valence-corrected chi connectivity index (χ1v) is 7.68. The molecule has 0 bridgehead atoms. The van der Waals surface area contributed by atoms with Gasteiger partial charge in [-0.2, -0.15) is 0 Å². The fourth-order valence-corrected chi connectivity index (χ4v) is 2.85. The lowest BCUT2D eigenvalue weighted by Gasteiger charge is -2.13. The number of ether oxygens (including phenoxy) is 1. The predicted molar refractivity (Wildman–Crippen MR) is 82.9 cm³/mol. The SMILES string of the molecule is Cc1ccc(OCCC(=O)N[C@@H]2CC[C@H](C(=O)O)C2)c(C)c1. The molecule has 0 unspecified atom stereocenters. The number of hydrogen-bond donors (Lipinski definition) is 2. The van der Waals surface area contributed by atoms with Crippen molar-refractivity contribution in [2.45, 2.75) is 45.6 Å². The number of carboxylic acids is 1. The highest BCUT2D eigenvalue weighted by Gasteiger charge is 2.30. The third kappa shape index (κ3) is 4.48. The van der Waals surface area contributed by atoms with Crippen LogP contribution >= 0.6 is 0 Å². The highest BCUT2D eigenvalue weighted by Crippen LogP contribution is 2.25. The Balaban J connectivity index is 1.71. The van der Waals surface area contributed by atoms with Gasteiger partial charge in [0.2, 0.25) is 5.91 Å². The lowest BCUT2D eigenvalue weighted by atomic mass is 10.1. The van der Waals surface area contributed by atoms with Crippen LogP contribution in [-0.2, 0) is 9.59 Å². The molecule has 5 nitrogen and oxygen atoms in total. The molecule has 0 aliphatic heterocycles. The number of hydrogen-bond acceptors (Lipinski definition) is 3. The second-order valence-electron chi connectivity index (χ2n) is 5.98. The number of carbonyl (C=O) groups excluding carboxylic acids is 1. The van der Waals surface area contributed by atoms with Crippen LogP contribution in [0.5, 0.6) is 5.75 Å². The predicted octanol–water partition coefficient (Wildman–Crippen LogP) is 2.44. The van der Waals surface area contributed by atoms with Gasteiger partial charge in [-0.05, 0) is 44.7 Å². The first-order valence-electron chi connectivity index (χ1n) is 7.68. The van der Waals surface area contributed by atoms with Gasteiger partial charge in [0, 0.05) is 6.04 Å². The third-order valence-electron chi connectivity index (χ3n) is 4.06. The number of rotatable bonds is 6. The molecule has 2 atom stereocenters. The van der Waals surface area contributed by atoms with Gasteiger partial charge in [0.15, 0.2) is 0 Å². The largest absolute Gasteiger partial charge is 0.493 e. The van der Waals surface area contributed by atoms with E-state index in [9.17, 15) is 9.59 Å². The van der Waals surface area contributed by atoms with Crippen LogP contribution in [0.3, 0.4) is 0 Å². The lowest BCUT2D eigenvalue weighted by molar-refractivity contribution is -0.141. The van der Waals surface area contributed by atoms with Crippen molar-refractivity contribution in [3.63, 3.8) is 0 Å². The summed E-state index contributed by atoms with van der Waals surface area (Å²) in [5.41, 5.74) is 2.23. The molecule has 22 heavy (non-hydrogen) atoms. The van der Waals surface area contributed by atoms with Gasteiger partial charge >= 0.3 is 5.97 Å². The number of carboxylic acid groups (broad SMARTS) is 1. The van der Waals surface area contributed by atoms with Crippen molar-refractivity contribution in [3.05, 3.63) is 29.3 Å². The molecule has 0 spiro atoms. The zero-order valence-electron chi connectivity index (χ0n) is 13.1. The molecular formula is C17H23NO4. The molecule has 1 aromatic carbocycles. The molecule has 2 rings (SSSR count). The van der Waals surface area contributed by atoms with Crippen LogP contribution in [0.25, 0.3) is 0 Å². The maximum absolute atomic E-state index is 11.9. The summed E-state index contributed by atoms with van der Waals surface area (Å²) in [7, 11) is 0. The van der Waals surface area contributed by atoms with E-state index in [0.29, 0.717) is 19.4 Å². The molecule has 2 N–H and O–H groups in total. The molecule has 1 fully saturated rings. The fourth-order valence-electron chi connectivity index (χ4n) is 2.85. The Hall–Kier alpha value is -2.04. The summed E-state index contributed by atoms with van der Waals surface area (Å²) in [5.74, 6) is -0.377. The number of benzene rings is 1. The molecule has 1 aromatic rings. The van der Waals surface area contributed by atoms with Gasteiger partial charge in [0.1, 0.15) is 5.75 Å². The summed E-state index contributed by atoms with van der Waals surface area (Å²) in [6.07, 6.45) is 2.18. The van der Waals surface area contributed by atoms with Crippen molar-refractivity contribution in [2.24, 2.45) is 5.92 Å². The molecule has 0 heterocycles. The van der Waals surface area contributed by atoms with E-state index in [1.54, 1.807) is 0 Å². The van der Waals surface area contributed by atoms with Crippen molar-refractivity contribution in [1.82, 2.24) is 5.32 Å². The van der Waals surface area contributed by atoms with Crippen molar-refractivity contribution in [3.8, 4) is 5.75 Å². The molecule has 1 amide bonds. The van der Waals surface area contributed by atoms with Gasteiger partial charge in [0.25, 0.3) is 0 Å². The van der Waals surface area contributed by atoms with Gasteiger partial charge < -0.3 is 15.2 Å². The fraction of sp³-hybridized carbons (Fsp3) is 0.529. The molecule has 0 saturated heterocycles. The average molecular weight is 305 g/mol. The summed E-state index contributed by atoms with van der Waals surface area (Å²) >= 11 is 0. The molecular weight excluding hydrogens is 282 g/mol. The molecule has 5 heteroatoms. The second-order valence-corrected chi connectivity index (χ2v) is 5.98. The van der Waals surface area contributed by atoms with E-state index in [1.807, 2.05) is 32.0 Å². The summed E-state index contributed by atoms with van der Waals surface area (Å²) in [5, 5.41) is 11.8. The second kappa shape index (κ2) is 7.29. The van der Waals surface area contributed by atoms with E-state index < -0.39 is 5.97 Å². The molecule has 120 valence electrons. The van der Waals surface area contributed by atoms with Crippen LogP contribution in [0.1, 0.15) is 36.8 Å². The van der Waals surface area contributed by atoms with Gasteiger partial charge in [0.05, 0.1) is 18.9 Å². The van der Waals surface area contributed by atoms with Crippen LogP contribution in [-0.4, -0.2) is 29.6 Å². The van der Waals surface area contributed by atoms with Gasteiger partial charge in [-0.1, -0.05) is 17.7 Å². The van der Waals surface area contributed by atoms with Crippen LogP contribution in [0.4, 0.5) is 0 Å². The lowest BCUT2D eigenvalue weighted by Crippen LogP contribution is -2.34. The van der Waals surface area contributed by atoms with Gasteiger partial charge in [-0.15, -0.1) is 0 Å². The number of aryl methyl sites for hydroxylation is 2. The molecule has 0 radical (unpaired) electrons. The van der Waals surface area contributed by atoms with E-state index in [0.717, 1.165) is 17.7 Å². The number of nitrogens with one attached hydrogen (secondary N) is 1. The maximum Gasteiger partial charge on any atom is 0.306 e. The Labute approximate surface area is 130 Å². The van der Waals surface area contributed by atoms with Crippen molar-refractivity contribution in [2.75, 3.05) is 6.61 Å². The third-order valence-corrected chi connectivity index (χ3v) is 4.06. The zero-order chi connectivity index (χ0) is 16.1. The van der Waals surface area contributed by atoms with Gasteiger partial charge in [-0.3, -0.25) is 9.59 Å². The highest BCUT2D eigenvalue weighted by molar-refractivity contribution is 5.77. The zero-order valence-corrected chi connectivity index (χ0v) is 13.1. The Morgan fingerprint density at radius 2 is 2.09 bits per heavy atom. The van der Waals surface area contributed by atoms with Crippen molar-refractivity contribution in [1.29, 1.82) is 0 Å². The smallest absolute Gasteiger partial charge is 0.306 e. The first kappa shape index (κ1) is 16.3. The minimum Gasteiger partial charge on any atom is -0.493 e. The minimum atomic E-state index is -0.769. The number of aliphatic carboxylic acids is 1. The standard InChI is InChI=1S/C17H23NO4/c1-11-3-6-15(12(2)9-11)22-8-7-16(19)18-14-5-4-13(10-14)17(20)21/h3,6,9,13-14H,4-5,7-8,10H2,1-2H3,(H,18,19)(H,20,21)/t13-,14+/m0/s1. The highest BCUT2D eigenvalue weighted by atomic mass is 16.5. The van der Waals surface area contributed by atoms with Crippen molar-refractivity contribution >= 4 is 11.9 Å². The Kier molecular flexibility index (Phi) is 5.41. The van der Waals surface area contributed by atoms with Crippen LogP contribution < -0.4 is 10.1 Å². The normalized spacial score (nSPS) is 20.6. The van der Waals surface area contributed by atoms with E-state index in [4.69, 9.17) is 9.84 Å². The maximum atomic E-state index is 11.9. The Bertz CT molecular complexity index is 556. The molecule has 1 saturated carbocycles. The molecule has 1 aliphatic carbocycles. The minimum absolute atomic E-state index is 0.0188. The van der Waals surface area contributed by atoms with E-state index in [1.165, 1.54) is 5.56 Å². The van der Waals surface area contributed by atoms with E-state index >= 15 is 0 Å². The number of carbonyl (C=O) groups is 2. The molecule has 1 aliphatic rings. The van der Waals surface area contributed by atoms with E-state index in [2.05, 4.69) is 5.32 Å². The quantitative estimate of drug-likeness (QED) is 0.846. The molecule has 0 aromatic heterocycles. The van der Waals surface area contributed by atoms with E-state index in [-0.39, 0.29) is 24.3 Å². The summed E-state index contributed by atoms with van der Waals surface area (Å²) in [6.45, 7) is 4.33. The monoisotopic (exact) mass is 305 g/mol. The van der Waals surface area contributed by atoms with Crippen LogP contribution in [0, 0.1) is 19.8 Å². The van der Waals surface area contributed by atoms with Crippen LogP contribution in [0.15, 0.2) is 18.2 Å². The van der Waals surface area contributed by atoms with Gasteiger partial charge in [-0.25, -0.2) is 0 Å². The Morgan fingerprint density at radius 1 is 1.32 bits per heavy atom. The first-order chi connectivity index (χ1) is 10.5. The summed E-state index contributed by atoms with van der Waals surface area (Å²) in [6, 6.07) is 5.92. The topological polar surface area (TPSA) is 75.6 Å². The average Bonchev–Trinajstić information content (AvgIpc) is 2.90. The summed E-state index contributed by atoms with van der Waals surface area (Å²) in [4.78, 5) is 22.8. The van der Waals surface area contributed by atoms with Crippen molar-refractivity contribution < 1.29 is 19.4 Å². The number of amides is 1. The van der Waals surface area contributed by atoms with Crippen LogP contribution in [0.2, 0.25) is 0 Å². The Morgan fingerprint density at radius 3 is 2.73 bits per heavy atom. The summed E-state index contributed by atoms with van der Waals surface area (Å²) < 4.78 is 5.63.